The Morgan fingerprint density at radius 2 is 1.96 bits per heavy atom. The molecule has 1 fully saturated rings. The predicted octanol–water partition coefficient (Wildman–Crippen LogP) is 3.18. The topological polar surface area (TPSA) is 49.6 Å². The van der Waals surface area contributed by atoms with Crippen molar-refractivity contribution >= 4 is 23.4 Å². The summed E-state index contributed by atoms with van der Waals surface area (Å²) < 4.78 is 5.17. The van der Waals surface area contributed by atoms with Crippen molar-refractivity contribution in [3.05, 3.63) is 46.8 Å². The Labute approximate surface area is 153 Å². The smallest absolute Gasteiger partial charge is 0.232 e. The summed E-state index contributed by atoms with van der Waals surface area (Å²) in [6.45, 7) is 9.34. The van der Waals surface area contributed by atoms with Crippen molar-refractivity contribution in [2.24, 2.45) is 0 Å². The zero-order valence-corrected chi connectivity index (χ0v) is 15.9. The maximum absolute atomic E-state index is 12.4. The molecule has 1 aromatic heterocycles. The summed E-state index contributed by atoms with van der Waals surface area (Å²) in [5, 5.41) is 3.96. The zero-order valence-electron chi connectivity index (χ0n) is 15.1. The van der Waals surface area contributed by atoms with Crippen LogP contribution in [0.15, 0.2) is 28.8 Å². The van der Waals surface area contributed by atoms with Crippen molar-refractivity contribution in [1.29, 1.82) is 0 Å². The van der Waals surface area contributed by atoms with Crippen molar-refractivity contribution in [3.63, 3.8) is 0 Å². The van der Waals surface area contributed by atoms with Gasteiger partial charge in [0.25, 0.3) is 0 Å². The Hall–Kier alpha value is -1.95. The molecule has 5 nitrogen and oxygen atoms in total. The number of hydrogen-bond donors (Lipinski definition) is 0. The number of thioether (sulfide) groups is 1. The Morgan fingerprint density at radius 1 is 1.20 bits per heavy atom. The van der Waals surface area contributed by atoms with Gasteiger partial charge in [0, 0.05) is 43.2 Å². The summed E-state index contributed by atoms with van der Waals surface area (Å²) in [5.74, 6) is 2.36. The molecule has 3 rings (SSSR count). The van der Waals surface area contributed by atoms with Gasteiger partial charge in [-0.05, 0) is 38.5 Å². The molecule has 2 aromatic rings. The van der Waals surface area contributed by atoms with E-state index in [0.717, 1.165) is 48.9 Å². The molecule has 6 heteroatoms. The van der Waals surface area contributed by atoms with Crippen LogP contribution in [0.4, 0.5) is 5.69 Å². The number of amides is 1. The molecule has 2 heterocycles. The van der Waals surface area contributed by atoms with Crippen molar-refractivity contribution in [1.82, 2.24) is 10.1 Å². The van der Waals surface area contributed by atoms with Gasteiger partial charge in [-0.3, -0.25) is 4.79 Å². The first-order valence-electron chi connectivity index (χ1n) is 8.63. The maximum atomic E-state index is 12.4. The summed E-state index contributed by atoms with van der Waals surface area (Å²) in [7, 11) is 0. The van der Waals surface area contributed by atoms with Crippen LogP contribution >= 0.6 is 11.8 Å². The van der Waals surface area contributed by atoms with Gasteiger partial charge in [-0.15, -0.1) is 11.8 Å². The van der Waals surface area contributed by atoms with Gasteiger partial charge in [0.15, 0.2) is 0 Å². The minimum atomic E-state index is 0.223. The monoisotopic (exact) mass is 359 g/mol. The highest BCUT2D eigenvalue weighted by Gasteiger charge is 2.21. The molecule has 0 radical (unpaired) electrons. The second-order valence-electron chi connectivity index (χ2n) is 6.50. The summed E-state index contributed by atoms with van der Waals surface area (Å²) in [6.07, 6.45) is 0. The quantitative estimate of drug-likeness (QED) is 0.821. The third-order valence-corrected chi connectivity index (χ3v) is 5.60. The van der Waals surface area contributed by atoms with Crippen LogP contribution in [0.3, 0.4) is 0 Å². The Bertz CT molecular complexity index is 717. The molecule has 25 heavy (non-hydrogen) atoms. The van der Waals surface area contributed by atoms with Crippen molar-refractivity contribution in [3.8, 4) is 0 Å². The molecule has 1 amide bonds. The predicted molar refractivity (Wildman–Crippen MR) is 102 cm³/mol. The molecule has 0 atom stereocenters. The van der Waals surface area contributed by atoms with Gasteiger partial charge in [0.1, 0.15) is 5.76 Å². The van der Waals surface area contributed by atoms with Crippen molar-refractivity contribution in [2.75, 3.05) is 36.8 Å². The van der Waals surface area contributed by atoms with Crippen LogP contribution in [0.1, 0.15) is 22.6 Å². The van der Waals surface area contributed by atoms with Gasteiger partial charge in [-0.25, -0.2) is 0 Å². The molecular weight excluding hydrogens is 334 g/mol. The SMILES string of the molecule is Cc1cccc(N2CCN(C(=O)CSCc3c(C)noc3C)CC2)c1. The van der Waals surface area contributed by atoms with Crippen LogP contribution in [0.25, 0.3) is 0 Å². The lowest BCUT2D eigenvalue weighted by atomic mass is 10.2. The van der Waals surface area contributed by atoms with Gasteiger partial charge in [0.05, 0.1) is 11.4 Å². The van der Waals surface area contributed by atoms with Crippen LogP contribution in [0, 0.1) is 20.8 Å². The van der Waals surface area contributed by atoms with E-state index < -0.39 is 0 Å². The van der Waals surface area contributed by atoms with E-state index in [4.69, 9.17) is 4.52 Å². The van der Waals surface area contributed by atoms with Crippen LogP contribution in [-0.2, 0) is 10.5 Å². The van der Waals surface area contributed by atoms with E-state index in [9.17, 15) is 4.79 Å². The Balaban J connectivity index is 1.45. The second kappa shape index (κ2) is 7.95. The van der Waals surface area contributed by atoms with E-state index in [-0.39, 0.29) is 5.91 Å². The second-order valence-corrected chi connectivity index (χ2v) is 7.49. The third kappa shape index (κ3) is 4.37. The standard InChI is InChI=1S/C19H25N3O2S/c1-14-5-4-6-17(11-14)21-7-9-22(10-8-21)19(23)13-25-12-18-15(2)20-24-16(18)3/h4-6,11H,7-10,12-13H2,1-3H3. The molecule has 1 aromatic carbocycles. The van der Waals surface area contributed by atoms with E-state index in [2.05, 4.69) is 41.2 Å². The molecule has 0 spiro atoms. The number of aromatic nitrogens is 1. The summed E-state index contributed by atoms with van der Waals surface area (Å²) in [6, 6.07) is 8.55. The van der Waals surface area contributed by atoms with Crippen LogP contribution in [0.2, 0.25) is 0 Å². The number of nitrogens with zero attached hydrogens (tertiary/aromatic N) is 3. The number of rotatable bonds is 5. The summed E-state index contributed by atoms with van der Waals surface area (Å²) >= 11 is 1.64. The lowest BCUT2D eigenvalue weighted by molar-refractivity contribution is -0.128. The van der Waals surface area contributed by atoms with Crippen molar-refractivity contribution < 1.29 is 9.32 Å². The van der Waals surface area contributed by atoms with Crippen LogP contribution in [0.5, 0.6) is 0 Å². The lowest BCUT2D eigenvalue weighted by Crippen LogP contribution is -2.49. The number of benzene rings is 1. The number of piperazine rings is 1. The average Bonchev–Trinajstić information content (AvgIpc) is 2.94. The minimum Gasteiger partial charge on any atom is -0.368 e. The van der Waals surface area contributed by atoms with Crippen LogP contribution in [-0.4, -0.2) is 47.9 Å². The highest BCUT2D eigenvalue weighted by molar-refractivity contribution is 7.99. The zero-order chi connectivity index (χ0) is 17.8. The van der Waals surface area contributed by atoms with E-state index in [1.54, 1.807) is 11.8 Å². The number of carbonyl (C=O) groups is 1. The minimum absolute atomic E-state index is 0.223. The average molecular weight is 359 g/mol. The fourth-order valence-electron chi connectivity index (χ4n) is 3.08. The molecule has 1 aliphatic rings. The third-order valence-electron chi connectivity index (χ3n) is 4.65. The lowest BCUT2D eigenvalue weighted by Gasteiger charge is -2.36. The van der Waals surface area contributed by atoms with E-state index in [0.29, 0.717) is 5.75 Å². The molecule has 1 saturated heterocycles. The van der Waals surface area contributed by atoms with E-state index in [1.165, 1.54) is 11.3 Å². The van der Waals surface area contributed by atoms with Gasteiger partial charge in [0.2, 0.25) is 5.91 Å². The first kappa shape index (κ1) is 17.9. The van der Waals surface area contributed by atoms with Crippen molar-refractivity contribution in [2.45, 2.75) is 26.5 Å². The summed E-state index contributed by atoms with van der Waals surface area (Å²) in [5.41, 5.74) is 4.55. The number of anilines is 1. The molecule has 0 aliphatic carbocycles. The number of carbonyl (C=O) groups excluding carboxylic acids is 1. The highest BCUT2D eigenvalue weighted by atomic mass is 32.2. The Morgan fingerprint density at radius 3 is 2.60 bits per heavy atom. The highest BCUT2D eigenvalue weighted by Crippen LogP contribution is 2.21. The van der Waals surface area contributed by atoms with E-state index >= 15 is 0 Å². The molecule has 0 saturated carbocycles. The van der Waals surface area contributed by atoms with Gasteiger partial charge in [-0.1, -0.05) is 17.3 Å². The Kier molecular flexibility index (Phi) is 5.68. The number of aryl methyl sites for hydroxylation is 3. The van der Waals surface area contributed by atoms with Gasteiger partial charge in [-0.2, -0.15) is 0 Å². The largest absolute Gasteiger partial charge is 0.368 e. The fraction of sp³-hybridized carbons (Fsp3) is 0.474. The normalized spacial score (nSPS) is 14.8. The van der Waals surface area contributed by atoms with Crippen LogP contribution < -0.4 is 4.90 Å². The first-order chi connectivity index (χ1) is 12.0. The molecule has 0 bridgehead atoms. The molecule has 0 unspecified atom stereocenters. The molecule has 1 aliphatic heterocycles. The molecule has 134 valence electrons. The maximum Gasteiger partial charge on any atom is 0.232 e. The van der Waals surface area contributed by atoms with Gasteiger partial charge < -0.3 is 14.3 Å². The van der Waals surface area contributed by atoms with E-state index in [1.807, 2.05) is 18.7 Å². The summed E-state index contributed by atoms with van der Waals surface area (Å²) in [4.78, 5) is 16.8. The van der Waals surface area contributed by atoms with Gasteiger partial charge >= 0.3 is 0 Å². The molecule has 0 N–H and O–H groups in total. The molecular formula is C19H25N3O2S. The fourth-order valence-corrected chi connectivity index (χ4v) is 4.15. The number of hydrogen-bond acceptors (Lipinski definition) is 5. The first-order valence-corrected chi connectivity index (χ1v) is 9.79.